The smallest absolute Gasteiger partial charge is 0.141 e. The van der Waals surface area contributed by atoms with E-state index >= 15 is 0 Å². The van der Waals surface area contributed by atoms with Gasteiger partial charge in [-0.1, -0.05) is 24.3 Å². The van der Waals surface area contributed by atoms with Crippen LogP contribution in [-0.4, -0.2) is 11.6 Å². The Kier molecular flexibility index (Phi) is 1.52. The van der Waals surface area contributed by atoms with Gasteiger partial charge in [-0.3, -0.25) is 9.59 Å². The lowest BCUT2D eigenvalue weighted by Crippen LogP contribution is -2.50. The number of Topliss-reactive ketones (excluding diaryl/α,β-unsaturated/α-hetero) is 2. The minimum absolute atomic E-state index is 0.0507. The molecule has 7 aliphatic carbocycles. The van der Waals surface area contributed by atoms with Crippen molar-refractivity contribution in [3.8, 4) is 0 Å². The van der Waals surface area contributed by atoms with E-state index in [0.717, 1.165) is 0 Å². The first-order chi connectivity index (χ1) is 10.7. The second-order valence-electron chi connectivity index (χ2n) is 9.25. The molecule has 0 aromatic carbocycles. The van der Waals surface area contributed by atoms with Crippen molar-refractivity contribution in [2.45, 2.75) is 25.7 Å². The van der Waals surface area contributed by atoms with E-state index in [0.29, 0.717) is 46.1 Å². The molecular weight excluding hydrogens is 272 g/mol. The number of fused-ring (bicyclic) bond motifs is 6. The molecule has 0 radical (unpaired) electrons. The number of carbonyl (C=O) groups excluding carboxylic acids is 2. The summed E-state index contributed by atoms with van der Waals surface area (Å²) < 4.78 is 0. The summed E-state index contributed by atoms with van der Waals surface area (Å²) >= 11 is 0. The Morgan fingerprint density at radius 3 is 1.09 bits per heavy atom. The average Bonchev–Trinajstić information content (AvgIpc) is 3.37. The summed E-state index contributed by atoms with van der Waals surface area (Å²) in [6.07, 6.45) is 14.2. The van der Waals surface area contributed by atoms with E-state index in [1.807, 2.05) is 0 Å². The van der Waals surface area contributed by atoms with Crippen LogP contribution in [0, 0.1) is 58.2 Å². The lowest BCUT2D eigenvalue weighted by atomic mass is 9.60. The Morgan fingerprint density at radius 2 is 0.864 bits per heavy atom. The Hall–Kier alpha value is -1.18. The summed E-state index contributed by atoms with van der Waals surface area (Å²) in [5.41, 5.74) is 0.673. The van der Waals surface area contributed by atoms with Crippen LogP contribution in [0.3, 0.4) is 0 Å². The van der Waals surface area contributed by atoms with Crippen LogP contribution in [0.15, 0.2) is 24.3 Å². The molecule has 0 unspecified atom stereocenters. The molecule has 0 aromatic rings. The predicted octanol–water partition coefficient (Wildman–Crippen LogP) is 2.80. The van der Waals surface area contributed by atoms with Gasteiger partial charge in [0, 0.05) is 23.7 Å². The molecule has 4 bridgehead atoms. The van der Waals surface area contributed by atoms with Gasteiger partial charge in [0.05, 0.1) is 0 Å². The summed E-state index contributed by atoms with van der Waals surface area (Å²) in [5, 5.41) is 0. The van der Waals surface area contributed by atoms with Crippen molar-refractivity contribution >= 4 is 11.6 Å². The Balaban J connectivity index is 1.41. The van der Waals surface area contributed by atoms with Gasteiger partial charge in [0.25, 0.3) is 0 Å². The molecule has 8 atom stereocenters. The molecule has 5 saturated carbocycles. The molecule has 7 aliphatic rings. The van der Waals surface area contributed by atoms with Crippen LogP contribution in [0.2, 0.25) is 0 Å². The van der Waals surface area contributed by atoms with Crippen molar-refractivity contribution in [2.24, 2.45) is 58.2 Å². The number of carbonyl (C=O) groups is 2. The number of rotatable bonds is 0. The first-order valence-corrected chi connectivity index (χ1v) is 9.13. The minimum Gasteiger partial charge on any atom is -0.299 e. The molecule has 2 spiro atoms. The van der Waals surface area contributed by atoms with Crippen LogP contribution in [0.5, 0.6) is 0 Å². The molecule has 0 amide bonds. The zero-order valence-electron chi connectivity index (χ0n) is 12.6. The third-order valence-electron chi connectivity index (χ3n) is 9.00. The summed E-state index contributed by atoms with van der Waals surface area (Å²) in [6.45, 7) is 0. The summed E-state index contributed by atoms with van der Waals surface area (Å²) in [6, 6.07) is 0. The number of allylic oxidation sites excluding steroid dienone is 4. The van der Waals surface area contributed by atoms with E-state index in [1.54, 1.807) is 0 Å². The Labute approximate surface area is 130 Å². The van der Waals surface area contributed by atoms with Gasteiger partial charge in [-0.05, 0) is 60.2 Å². The van der Waals surface area contributed by atoms with E-state index in [1.165, 1.54) is 25.7 Å². The Bertz CT molecular complexity index is 610. The number of hydrogen-bond donors (Lipinski definition) is 0. The van der Waals surface area contributed by atoms with Gasteiger partial charge in [0.1, 0.15) is 11.6 Å². The predicted molar refractivity (Wildman–Crippen MR) is 79.5 cm³/mol. The molecule has 0 heterocycles. The van der Waals surface area contributed by atoms with Crippen molar-refractivity contribution in [1.82, 2.24) is 0 Å². The molecule has 2 heteroatoms. The van der Waals surface area contributed by atoms with Crippen LogP contribution in [0.1, 0.15) is 25.7 Å². The lowest BCUT2D eigenvalue weighted by molar-refractivity contribution is -0.148. The van der Waals surface area contributed by atoms with E-state index < -0.39 is 0 Å². The molecule has 0 aromatic heterocycles. The molecule has 0 aliphatic heterocycles. The van der Waals surface area contributed by atoms with Gasteiger partial charge in [-0.15, -0.1) is 0 Å². The van der Waals surface area contributed by atoms with Gasteiger partial charge >= 0.3 is 0 Å². The highest BCUT2D eigenvalue weighted by Gasteiger charge is 2.78. The van der Waals surface area contributed by atoms with Crippen LogP contribution >= 0.6 is 0 Å². The summed E-state index contributed by atoms with van der Waals surface area (Å²) in [5.74, 6) is 2.78. The molecule has 7 rings (SSSR count). The van der Waals surface area contributed by atoms with E-state index in [9.17, 15) is 9.59 Å². The zero-order chi connectivity index (χ0) is 14.4. The topological polar surface area (TPSA) is 34.1 Å². The standard InChI is InChI=1S/C20H20O2/c21-17-13-9-1-2-10(19(9)5-6-19)14(13)18(22)16-12-4-3-11(15(16)17)20(12)7-8-20/h1-4,9-16H,5-8H2/t9-,10-,11-,12-,13-,14-,15-,16+/m1/s1. The van der Waals surface area contributed by atoms with E-state index in [2.05, 4.69) is 24.3 Å². The molecular formula is C20H20O2. The highest BCUT2D eigenvalue weighted by atomic mass is 16.1. The SMILES string of the molecule is O=C1[C@@H]2[C@H](C(=O)[C@H]3[C@H]1[C@H]1C=C[C@H]3C13CC3)[C@H]1C=C[C@H]2C12CC2. The Morgan fingerprint density at radius 1 is 0.591 bits per heavy atom. The maximum Gasteiger partial charge on any atom is 0.141 e. The second-order valence-corrected chi connectivity index (χ2v) is 9.25. The first-order valence-electron chi connectivity index (χ1n) is 9.13. The zero-order valence-corrected chi connectivity index (χ0v) is 12.6. The fourth-order valence-electron chi connectivity index (χ4n) is 7.97. The largest absolute Gasteiger partial charge is 0.299 e. The monoisotopic (exact) mass is 292 g/mol. The van der Waals surface area contributed by atoms with E-state index in [4.69, 9.17) is 0 Å². The molecule has 22 heavy (non-hydrogen) atoms. The summed E-state index contributed by atoms with van der Waals surface area (Å²) in [7, 11) is 0. The average molecular weight is 292 g/mol. The molecule has 5 fully saturated rings. The molecule has 112 valence electrons. The quantitative estimate of drug-likeness (QED) is 0.643. The molecule has 0 N–H and O–H groups in total. The van der Waals surface area contributed by atoms with Crippen molar-refractivity contribution in [2.75, 3.05) is 0 Å². The van der Waals surface area contributed by atoms with Gasteiger partial charge in [0.15, 0.2) is 0 Å². The maximum absolute atomic E-state index is 13.4. The number of hydrogen-bond acceptors (Lipinski definition) is 2. The van der Waals surface area contributed by atoms with Crippen LogP contribution in [-0.2, 0) is 9.59 Å². The second kappa shape index (κ2) is 2.95. The van der Waals surface area contributed by atoms with Crippen LogP contribution in [0.25, 0.3) is 0 Å². The van der Waals surface area contributed by atoms with Gasteiger partial charge in [0.2, 0.25) is 0 Å². The number of ketones is 2. The van der Waals surface area contributed by atoms with Crippen molar-refractivity contribution in [3.63, 3.8) is 0 Å². The van der Waals surface area contributed by atoms with Gasteiger partial charge in [-0.2, -0.15) is 0 Å². The third kappa shape index (κ3) is 0.871. The third-order valence-corrected chi connectivity index (χ3v) is 9.00. The highest BCUT2D eigenvalue weighted by molar-refractivity contribution is 6.03. The maximum atomic E-state index is 13.4. The van der Waals surface area contributed by atoms with Gasteiger partial charge < -0.3 is 0 Å². The van der Waals surface area contributed by atoms with Crippen molar-refractivity contribution in [3.05, 3.63) is 24.3 Å². The highest BCUT2D eigenvalue weighted by Crippen LogP contribution is 2.78. The van der Waals surface area contributed by atoms with Crippen molar-refractivity contribution in [1.29, 1.82) is 0 Å². The van der Waals surface area contributed by atoms with Crippen LogP contribution < -0.4 is 0 Å². The van der Waals surface area contributed by atoms with Gasteiger partial charge in [-0.25, -0.2) is 0 Å². The molecule has 2 nitrogen and oxygen atoms in total. The minimum atomic E-state index is 0.0507. The lowest BCUT2D eigenvalue weighted by Gasteiger charge is -2.40. The normalized spacial score (nSPS) is 58.7. The van der Waals surface area contributed by atoms with Crippen LogP contribution in [0.4, 0.5) is 0 Å². The summed E-state index contributed by atoms with van der Waals surface area (Å²) in [4.78, 5) is 26.8. The van der Waals surface area contributed by atoms with E-state index in [-0.39, 0.29) is 23.7 Å². The molecule has 0 saturated heterocycles. The van der Waals surface area contributed by atoms with Crippen molar-refractivity contribution < 1.29 is 9.59 Å². The fraction of sp³-hybridized carbons (Fsp3) is 0.700. The first kappa shape index (κ1) is 11.4. The fourth-order valence-corrected chi connectivity index (χ4v) is 7.97.